The van der Waals surface area contributed by atoms with Crippen molar-refractivity contribution in [1.29, 1.82) is 0 Å². The van der Waals surface area contributed by atoms with E-state index in [-0.39, 0.29) is 37.7 Å². The maximum Gasteiger partial charge on any atom is 2.00 e. The molecule has 0 bridgehead atoms. The van der Waals surface area contributed by atoms with Gasteiger partial charge in [0.1, 0.15) is 13.2 Å². The first-order valence-electron chi connectivity index (χ1n) is 2.25. The second-order valence-electron chi connectivity index (χ2n) is 1.42. The van der Waals surface area contributed by atoms with Crippen LogP contribution in [-0.2, 0) is 13.9 Å². The number of aliphatic hydroxyl groups excluding tert-OH is 1. The van der Waals surface area contributed by atoms with Gasteiger partial charge in [-0.2, -0.15) is 0 Å². The third kappa shape index (κ3) is 11.0. The summed E-state index contributed by atoms with van der Waals surface area (Å²) < 4.78 is 13.2. The van der Waals surface area contributed by atoms with Gasteiger partial charge in [-0.15, -0.1) is 0 Å². The molecule has 0 radical (unpaired) electrons. The van der Waals surface area contributed by atoms with Crippen LogP contribution in [0.2, 0.25) is 0 Å². The van der Waals surface area contributed by atoms with Gasteiger partial charge in [-0.05, 0) is 0 Å². The molecule has 0 spiro atoms. The molecular weight excluding hydrogens is 203 g/mol. The fourth-order valence-corrected chi connectivity index (χ4v) is 0.499. The molecule has 0 aromatic carbocycles. The Morgan fingerprint density at radius 2 is 2.00 bits per heavy atom. The van der Waals surface area contributed by atoms with E-state index in [9.17, 15) is 19.1 Å². The van der Waals surface area contributed by atoms with E-state index < -0.39 is 26.8 Å². The smallest absolute Gasteiger partial charge is 0.790 e. The number of aliphatic hydroxyl groups is 1. The SMILES string of the molecule is O=C(CO)COP(=O)([O-])[O-].[Ca+2]. The van der Waals surface area contributed by atoms with Crippen LogP contribution in [0.5, 0.6) is 0 Å². The second-order valence-corrected chi connectivity index (χ2v) is 2.57. The summed E-state index contributed by atoms with van der Waals surface area (Å²) in [4.78, 5) is 29.4. The van der Waals surface area contributed by atoms with Crippen molar-refractivity contribution in [3.63, 3.8) is 0 Å². The Labute approximate surface area is 92.8 Å². The molecule has 0 aromatic rings. The van der Waals surface area contributed by atoms with Crippen molar-refractivity contribution in [2.45, 2.75) is 0 Å². The van der Waals surface area contributed by atoms with Crippen molar-refractivity contribution in [2.75, 3.05) is 13.2 Å². The zero-order chi connectivity index (χ0) is 8.20. The van der Waals surface area contributed by atoms with Gasteiger partial charge in [0.25, 0.3) is 0 Å². The van der Waals surface area contributed by atoms with Crippen molar-refractivity contribution >= 4 is 51.3 Å². The molecule has 0 aliphatic carbocycles. The zero-order valence-electron chi connectivity index (χ0n) is 5.56. The van der Waals surface area contributed by atoms with E-state index in [1.54, 1.807) is 0 Å². The molecule has 0 saturated heterocycles. The van der Waals surface area contributed by atoms with Gasteiger partial charge in [0.2, 0.25) is 0 Å². The third-order valence-corrected chi connectivity index (χ3v) is 1.01. The van der Waals surface area contributed by atoms with E-state index in [0.29, 0.717) is 0 Å². The van der Waals surface area contributed by atoms with Crippen LogP contribution in [0.1, 0.15) is 0 Å². The van der Waals surface area contributed by atoms with E-state index in [1.807, 2.05) is 0 Å². The quantitative estimate of drug-likeness (QED) is 0.389. The average molecular weight is 208 g/mol. The van der Waals surface area contributed by atoms with Crippen molar-refractivity contribution in [3.8, 4) is 0 Å². The molecule has 0 atom stereocenters. The Bertz CT molecular complexity index is 163. The number of phosphoric ester groups is 1. The fraction of sp³-hybridized carbons (Fsp3) is 0.667. The van der Waals surface area contributed by atoms with Gasteiger partial charge in [-0.3, -0.25) is 4.79 Å². The van der Waals surface area contributed by atoms with Crippen LogP contribution in [-0.4, -0.2) is 61.8 Å². The predicted molar refractivity (Wildman–Crippen MR) is 31.4 cm³/mol. The predicted octanol–water partition coefficient (Wildman–Crippen LogP) is -2.99. The first kappa shape index (κ1) is 14.5. The molecule has 6 nitrogen and oxygen atoms in total. The molecule has 0 fully saturated rings. The van der Waals surface area contributed by atoms with Crippen molar-refractivity contribution in [2.24, 2.45) is 0 Å². The van der Waals surface area contributed by atoms with Crippen LogP contribution in [0.15, 0.2) is 0 Å². The second kappa shape index (κ2) is 6.51. The Morgan fingerprint density at radius 3 is 2.27 bits per heavy atom. The van der Waals surface area contributed by atoms with Gasteiger partial charge in [0.05, 0.1) is 7.82 Å². The minimum Gasteiger partial charge on any atom is -0.790 e. The largest absolute Gasteiger partial charge is 2.00 e. The summed E-state index contributed by atoms with van der Waals surface area (Å²) in [6.07, 6.45) is 0. The van der Waals surface area contributed by atoms with Crippen LogP contribution >= 0.6 is 7.82 Å². The van der Waals surface area contributed by atoms with Crippen LogP contribution in [0.4, 0.5) is 0 Å². The molecular formula is C3H5CaO6P. The van der Waals surface area contributed by atoms with E-state index >= 15 is 0 Å². The minimum atomic E-state index is -5.06. The zero-order valence-corrected chi connectivity index (χ0v) is 8.66. The maximum absolute atomic E-state index is 10.1. The average Bonchev–Trinajstić information content (AvgIpc) is 1.81. The molecule has 8 heteroatoms. The number of hydrogen-bond donors (Lipinski definition) is 1. The topological polar surface area (TPSA) is 110 Å². The van der Waals surface area contributed by atoms with E-state index in [2.05, 4.69) is 4.52 Å². The number of carbonyl (C=O) groups is 1. The van der Waals surface area contributed by atoms with Gasteiger partial charge in [0.15, 0.2) is 5.78 Å². The van der Waals surface area contributed by atoms with Crippen LogP contribution in [0.3, 0.4) is 0 Å². The molecule has 60 valence electrons. The molecule has 0 aliphatic heterocycles. The number of ketones is 1. The molecule has 0 amide bonds. The molecule has 0 saturated carbocycles. The molecule has 0 heterocycles. The van der Waals surface area contributed by atoms with Gasteiger partial charge in [-0.1, -0.05) is 0 Å². The van der Waals surface area contributed by atoms with E-state index in [0.717, 1.165) is 0 Å². The first-order chi connectivity index (χ1) is 4.45. The molecule has 0 unspecified atom stereocenters. The van der Waals surface area contributed by atoms with Gasteiger partial charge in [-0.25, -0.2) is 0 Å². The van der Waals surface area contributed by atoms with Gasteiger partial charge >= 0.3 is 37.7 Å². The summed E-state index contributed by atoms with van der Waals surface area (Å²) in [5.74, 6) is -0.855. The minimum absolute atomic E-state index is 0. The molecule has 0 aliphatic rings. The summed E-state index contributed by atoms with van der Waals surface area (Å²) in [7, 11) is -5.06. The fourth-order valence-electron chi connectivity index (χ4n) is 0.197. The van der Waals surface area contributed by atoms with Crippen molar-refractivity contribution in [1.82, 2.24) is 0 Å². The molecule has 1 N–H and O–H groups in total. The number of Topliss-reactive ketones (excluding diaryl/α,β-unsaturated/α-hetero) is 1. The van der Waals surface area contributed by atoms with Gasteiger partial charge < -0.3 is 24.0 Å². The Kier molecular flexibility index (Phi) is 8.59. The number of rotatable bonds is 4. The maximum atomic E-state index is 10.1. The summed E-state index contributed by atoms with van der Waals surface area (Å²) in [6.45, 7) is -1.72. The number of hydrogen-bond acceptors (Lipinski definition) is 6. The van der Waals surface area contributed by atoms with Crippen LogP contribution in [0, 0.1) is 0 Å². The summed E-state index contributed by atoms with van der Waals surface area (Å²) in [5, 5.41) is 8.01. The Morgan fingerprint density at radius 1 is 1.55 bits per heavy atom. The van der Waals surface area contributed by atoms with Crippen molar-refractivity contribution in [3.05, 3.63) is 0 Å². The summed E-state index contributed by atoms with van der Waals surface area (Å²) in [5.41, 5.74) is 0. The standard InChI is InChI=1S/C3H7O6P.Ca/c4-1-3(5)2-9-10(6,7)8;/h4H,1-2H2,(H2,6,7,8);/q;+2/p-2. The normalized spacial score (nSPS) is 10.5. The molecule has 0 aromatic heterocycles. The van der Waals surface area contributed by atoms with E-state index in [1.165, 1.54) is 0 Å². The van der Waals surface area contributed by atoms with E-state index in [4.69, 9.17) is 5.11 Å². The van der Waals surface area contributed by atoms with Crippen LogP contribution in [0.25, 0.3) is 0 Å². The van der Waals surface area contributed by atoms with Crippen LogP contribution < -0.4 is 9.79 Å². The van der Waals surface area contributed by atoms with Crippen molar-refractivity contribution < 1.29 is 28.8 Å². The summed E-state index contributed by atoms with van der Waals surface area (Å²) >= 11 is 0. The number of phosphoric acid groups is 1. The van der Waals surface area contributed by atoms with Gasteiger partial charge in [0, 0.05) is 0 Å². The molecule has 11 heavy (non-hydrogen) atoms. The Hall–Kier alpha value is 1.000. The molecule has 0 rings (SSSR count). The number of carbonyl (C=O) groups excluding carboxylic acids is 1. The first-order valence-corrected chi connectivity index (χ1v) is 3.71. The summed E-state index contributed by atoms with van der Waals surface area (Å²) in [6, 6.07) is 0. The monoisotopic (exact) mass is 208 g/mol. The third-order valence-electron chi connectivity index (χ3n) is 0.560. The Balaban J connectivity index is 0.